The van der Waals surface area contributed by atoms with Crippen molar-refractivity contribution < 1.29 is 0 Å². The van der Waals surface area contributed by atoms with Crippen LogP contribution in [0.25, 0.3) is 21.8 Å². The summed E-state index contributed by atoms with van der Waals surface area (Å²) in [7, 11) is 2.23. The molecule has 1 heterocycles. The van der Waals surface area contributed by atoms with Gasteiger partial charge in [0, 0.05) is 30.1 Å². The van der Waals surface area contributed by atoms with Gasteiger partial charge in [0.25, 0.3) is 0 Å². The Balaban J connectivity index is 1.24. The molecule has 0 aliphatic heterocycles. The van der Waals surface area contributed by atoms with Crippen LogP contribution in [0.2, 0.25) is 0 Å². The van der Waals surface area contributed by atoms with E-state index in [1.54, 1.807) is 0 Å². The summed E-state index contributed by atoms with van der Waals surface area (Å²) in [6.07, 6.45) is 22.7. The number of anilines is 1. The predicted octanol–water partition coefficient (Wildman–Crippen LogP) is 10.1. The monoisotopic (exact) mass is 460 g/mol. The number of pyridine rings is 1. The topological polar surface area (TPSA) is 16.1 Å². The molecule has 0 N–H and O–H groups in total. The van der Waals surface area contributed by atoms with Gasteiger partial charge in [-0.3, -0.25) is 0 Å². The van der Waals surface area contributed by atoms with Crippen LogP contribution in [-0.4, -0.2) is 18.6 Å². The molecule has 0 fully saturated rings. The minimum Gasteiger partial charge on any atom is -0.374 e. The maximum absolute atomic E-state index is 4.87. The van der Waals surface area contributed by atoms with E-state index in [2.05, 4.69) is 67.4 Å². The van der Waals surface area contributed by atoms with Gasteiger partial charge >= 0.3 is 0 Å². The van der Waals surface area contributed by atoms with E-state index >= 15 is 0 Å². The van der Waals surface area contributed by atoms with Crippen LogP contribution in [0, 0.1) is 0 Å². The van der Waals surface area contributed by atoms with Crippen molar-refractivity contribution in [2.75, 3.05) is 18.5 Å². The standard InChI is InChI=1S/C32H48N2/c1-3-4-5-6-7-8-9-10-11-12-13-14-15-16-17-20-26-34(2)32-25-21-24-31-29(32)27-28-22-18-19-23-30(28)33-31/h18-19,21-25,27H,3-17,20,26H2,1-2H3. The smallest absolute Gasteiger partial charge is 0.0730 e. The number of hydrogen-bond donors (Lipinski definition) is 0. The zero-order valence-corrected chi connectivity index (χ0v) is 22.0. The van der Waals surface area contributed by atoms with Crippen LogP contribution < -0.4 is 4.90 Å². The van der Waals surface area contributed by atoms with Crippen LogP contribution in [0.3, 0.4) is 0 Å². The van der Waals surface area contributed by atoms with Crippen LogP contribution in [0.4, 0.5) is 5.69 Å². The number of para-hydroxylation sites is 1. The number of unbranched alkanes of at least 4 members (excludes halogenated alkanes) is 15. The fraction of sp³-hybridized carbons (Fsp3) is 0.594. The van der Waals surface area contributed by atoms with Crippen molar-refractivity contribution in [2.45, 2.75) is 110 Å². The predicted molar refractivity (Wildman–Crippen MR) is 152 cm³/mol. The van der Waals surface area contributed by atoms with E-state index in [0.717, 1.165) is 17.6 Å². The van der Waals surface area contributed by atoms with E-state index in [9.17, 15) is 0 Å². The molecule has 0 atom stereocenters. The summed E-state index contributed by atoms with van der Waals surface area (Å²) >= 11 is 0. The van der Waals surface area contributed by atoms with E-state index in [0.29, 0.717) is 0 Å². The van der Waals surface area contributed by atoms with Gasteiger partial charge in [0.2, 0.25) is 0 Å². The van der Waals surface area contributed by atoms with Crippen LogP contribution in [0.15, 0.2) is 48.5 Å². The number of nitrogens with zero attached hydrogens (tertiary/aromatic N) is 2. The fourth-order valence-electron chi connectivity index (χ4n) is 5.13. The van der Waals surface area contributed by atoms with Gasteiger partial charge in [-0.05, 0) is 30.7 Å². The third-order valence-electron chi connectivity index (χ3n) is 7.30. The summed E-state index contributed by atoms with van der Waals surface area (Å²) in [5.74, 6) is 0. The third kappa shape index (κ3) is 8.93. The van der Waals surface area contributed by atoms with Crippen LogP contribution in [-0.2, 0) is 0 Å². The molecular formula is C32H48N2. The summed E-state index contributed by atoms with van der Waals surface area (Å²) in [4.78, 5) is 7.29. The zero-order chi connectivity index (χ0) is 23.8. The molecule has 3 rings (SSSR count). The Kier molecular flexibility index (Phi) is 12.3. The van der Waals surface area contributed by atoms with Gasteiger partial charge in [-0.2, -0.15) is 0 Å². The Morgan fingerprint density at radius 2 is 1.12 bits per heavy atom. The average Bonchev–Trinajstić information content (AvgIpc) is 2.86. The molecule has 0 unspecified atom stereocenters. The van der Waals surface area contributed by atoms with Gasteiger partial charge < -0.3 is 4.90 Å². The minimum atomic E-state index is 1.08. The Bertz CT molecular complexity index is 948. The van der Waals surface area contributed by atoms with Gasteiger partial charge in [0.15, 0.2) is 0 Å². The number of hydrogen-bond acceptors (Lipinski definition) is 2. The molecule has 0 spiro atoms. The minimum absolute atomic E-state index is 1.08. The first kappa shape index (κ1) is 26.5. The second-order valence-corrected chi connectivity index (χ2v) is 10.2. The van der Waals surface area contributed by atoms with Crippen molar-refractivity contribution >= 4 is 27.5 Å². The van der Waals surface area contributed by atoms with Gasteiger partial charge in [-0.15, -0.1) is 0 Å². The SMILES string of the molecule is CCCCCCCCCCCCCCCCCCN(C)c1cccc2nc3ccccc3cc12. The number of benzene rings is 2. The lowest BCUT2D eigenvalue weighted by Crippen LogP contribution is -2.18. The Morgan fingerprint density at radius 3 is 1.74 bits per heavy atom. The van der Waals surface area contributed by atoms with Gasteiger partial charge in [-0.25, -0.2) is 4.98 Å². The van der Waals surface area contributed by atoms with Crippen molar-refractivity contribution in [3.8, 4) is 0 Å². The van der Waals surface area contributed by atoms with Gasteiger partial charge in [0.1, 0.15) is 0 Å². The first-order valence-electron chi connectivity index (χ1n) is 14.3. The molecular weight excluding hydrogens is 412 g/mol. The molecule has 0 saturated carbocycles. The summed E-state index contributed by atoms with van der Waals surface area (Å²) in [6.45, 7) is 3.41. The molecule has 34 heavy (non-hydrogen) atoms. The molecule has 186 valence electrons. The van der Waals surface area contributed by atoms with Crippen molar-refractivity contribution in [3.05, 3.63) is 48.5 Å². The Labute approximate surface area is 209 Å². The largest absolute Gasteiger partial charge is 0.374 e. The molecule has 0 radical (unpaired) electrons. The molecule has 0 amide bonds. The normalized spacial score (nSPS) is 11.5. The average molecular weight is 461 g/mol. The maximum atomic E-state index is 4.87. The fourth-order valence-corrected chi connectivity index (χ4v) is 5.13. The lowest BCUT2D eigenvalue weighted by atomic mass is 10.0. The first-order chi connectivity index (χ1) is 16.8. The third-order valence-corrected chi connectivity index (χ3v) is 7.30. The Hall–Kier alpha value is -2.09. The van der Waals surface area contributed by atoms with Crippen molar-refractivity contribution in [1.82, 2.24) is 4.98 Å². The summed E-state index contributed by atoms with van der Waals surface area (Å²) in [5, 5.41) is 2.48. The van der Waals surface area contributed by atoms with Crippen LogP contribution in [0.5, 0.6) is 0 Å². The number of fused-ring (bicyclic) bond motifs is 2. The summed E-state index contributed by atoms with van der Waals surface area (Å²) < 4.78 is 0. The van der Waals surface area contributed by atoms with Crippen LogP contribution >= 0.6 is 0 Å². The summed E-state index contributed by atoms with van der Waals surface area (Å²) in [5.41, 5.74) is 3.47. The van der Waals surface area contributed by atoms with Gasteiger partial charge in [-0.1, -0.05) is 128 Å². The zero-order valence-electron chi connectivity index (χ0n) is 22.0. The lowest BCUT2D eigenvalue weighted by Gasteiger charge is -2.21. The molecule has 2 heteroatoms. The van der Waals surface area contributed by atoms with E-state index in [4.69, 9.17) is 4.98 Å². The highest BCUT2D eigenvalue weighted by atomic mass is 15.1. The number of rotatable bonds is 18. The van der Waals surface area contributed by atoms with Crippen molar-refractivity contribution in [1.29, 1.82) is 0 Å². The number of aromatic nitrogens is 1. The van der Waals surface area contributed by atoms with Crippen LogP contribution in [0.1, 0.15) is 110 Å². The lowest BCUT2D eigenvalue weighted by molar-refractivity contribution is 0.529. The highest BCUT2D eigenvalue weighted by molar-refractivity contribution is 5.99. The molecule has 1 aromatic heterocycles. The van der Waals surface area contributed by atoms with Crippen molar-refractivity contribution in [2.24, 2.45) is 0 Å². The molecule has 2 aromatic carbocycles. The summed E-state index contributed by atoms with van der Waals surface area (Å²) in [6, 6.07) is 17.2. The molecule has 2 nitrogen and oxygen atoms in total. The highest BCUT2D eigenvalue weighted by Crippen LogP contribution is 2.28. The quantitative estimate of drug-likeness (QED) is 0.139. The van der Waals surface area contributed by atoms with E-state index in [1.807, 2.05) is 0 Å². The first-order valence-corrected chi connectivity index (χ1v) is 14.3. The molecule has 0 aliphatic carbocycles. The second kappa shape index (κ2) is 15.7. The second-order valence-electron chi connectivity index (χ2n) is 10.2. The Morgan fingerprint density at radius 1 is 0.588 bits per heavy atom. The molecule has 3 aromatic rings. The van der Waals surface area contributed by atoms with E-state index < -0.39 is 0 Å². The molecule has 0 bridgehead atoms. The maximum Gasteiger partial charge on any atom is 0.0730 e. The highest BCUT2D eigenvalue weighted by Gasteiger charge is 2.08. The molecule has 0 aliphatic rings. The van der Waals surface area contributed by atoms with Crippen molar-refractivity contribution in [3.63, 3.8) is 0 Å². The van der Waals surface area contributed by atoms with E-state index in [-0.39, 0.29) is 0 Å². The van der Waals surface area contributed by atoms with E-state index in [1.165, 1.54) is 119 Å². The van der Waals surface area contributed by atoms with Gasteiger partial charge in [0.05, 0.1) is 11.0 Å². The molecule has 0 saturated heterocycles.